The van der Waals surface area contributed by atoms with Crippen molar-refractivity contribution in [1.29, 1.82) is 0 Å². The molecule has 3 heterocycles. The zero-order chi connectivity index (χ0) is 19.0. The second kappa shape index (κ2) is 6.83. The maximum Gasteiger partial charge on any atom is 0.173 e. The van der Waals surface area contributed by atoms with Crippen LogP contribution in [0, 0.1) is 0 Å². The molecule has 3 aromatic rings. The van der Waals surface area contributed by atoms with Gasteiger partial charge in [0.05, 0.1) is 5.69 Å². The Labute approximate surface area is 159 Å². The Morgan fingerprint density at radius 2 is 1.56 bits per heavy atom. The third-order valence-electron chi connectivity index (χ3n) is 5.45. The second-order valence-electron chi connectivity index (χ2n) is 7.53. The molecule has 0 atom stereocenters. The molecule has 4 rings (SSSR count). The Hall–Kier alpha value is -2.63. The van der Waals surface area contributed by atoms with Crippen LogP contribution in [0.15, 0.2) is 55.2 Å². The fourth-order valence-corrected chi connectivity index (χ4v) is 3.87. The standard InChI is InChI=1S/C22H25N3O2/c1-22(2)19-13-17(16-3-6-24(7-4-16)9-11-26)14-23-21(19)18-5-8-25(10-12-27)15-20(18)22/h3-8,13-15,26-27H,9-12H2,1-2H3/q+2. The SMILES string of the molecule is CC1(C)c2c[n+](CCO)ccc2-c2ncc(-c3cc[n+](CCO)cc3)cc21. The van der Waals surface area contributed by atoms with Crippen LogP contribution < -0.4 is 9.13 Å². The Balaban J connectivity index is 1.75. The van der Waals surface area contributed by atoms with Gasteiger partial charge in [-0.15, -0.1) is 0 Å². The quantitative estimate of drug-likeness (QED) is 0.677. The molecule has 0 fully saturated rings. The Bertz CT molecular complexity index is 981. The van der Waals surface area contributed by atoms with Gasteiger partial charge in [0.15, 0.2) is 37.9 Å². The molecule has 5 nitrogen and oxygen atoms in total. The second-order valence-corrected chi connectivity index (χ2v) is 7.53. The van der Waals surface area contributed by atoms with Crippen LogP contribution in [-0.4, -0.2) is 28.4 Å². The molecule has 0 aromatic carbocycles. The molecule has 0 unspecified atom stereocenters. The van der Waals surface area contributed by atoms with Gasteiger partial charge in [-0.1, -0.05) is 13.8 Å². The van der Waals surface area contributed by atoms with Gasteiger partial charge >= 0.3 is 0 Å². The lowest BCUT2D eigenvalue weighted by atomic mass is 9.83. The van der Waals surface area contributed by atoms with Gasteiger partial charge in [-0.3, -0.25) is 4.98 Å². The summed E-state index contributed by atoms with van der Waals surface area (Å²) in [6.45, 7) is 5.91. The van der Waals surface area contributed by atoms with Crippen molar-refractivity contribution in [3.63, 3.8) is 0 Å². The number of aliphatic hydroxyl groups excluding tert-OH is 2. The first kappa shape index (κ1) is 17.8. The Morgan fingerprint density at radius 3 is 2.26 bits per heavy atom. The Kier molecular flexibility index (Phi) is 4.50. The fourth-order valence-electron chi connectivity index (χ4n) is 3.87. The third kappa shape index (κ3) is 3.03. The van der Waals surface area contributed by atoms with E-state index in [1.54, 1.807) is 0 Å². The zero-order valence-electron chi connectivity index (χ0n) is 15.8. The van der Waals surface area contributed by atoms with Crippen molar-refractivity contribution in [3.8, 4) is 22.4 Å². The number of nitrogens with zero attached hydrogens (tertiary/aromatic N) is 3. The van der Waals surface area contributed by atoms with E-state index in [0.29, 0.717) is 13.1 Å². The molecule has 0 spiro atoms. The molecule has 27 heavy (non-hydrogen) atoms. The van der Waals surface area contributed by atoms with Crippen molar-refractivity contribution in [2.24, 2.45) is 0 Å². The van der Waals surface area contributed by atoms with Gasteiger partial charge in [0, 0.05) is 46.5 Å². The van der Waals surface area contributed by atoms with Crippen molar-refractivity contribution in [1.82, 2.24) is 4.98 Å². The van der Waals surface area contributed by atoms with E-state index in [1.165, 1.54) is 16.7 Å². The number of rotatable bonds is 5. The van der Waals surface area contributed by atoms with Gasteiger partial charge in [-0.05, 0) is 17.2 Å². The first-order chi connectivity index (χ1) is 13.0. The molecule has 0 amide bonds. The number of pyridine rings is 3. The molecule has 0 saturated heterocycles. The lowest BCUT2D eigenvalue weighted by Gasteiger charge is -2.20. The topological polar surface area (TPSA) is 61.1 Å². The van der Waals surface area contributed by atoms with E-state index in [0.717, 1.165) is 16.8 Å². The summed E-state index contributed by atoms with van der Waals surface area (Å²) in [6.07, 6.45) is 10.0. The minimum atomic E-state index is -0.141. The normalized spacial score (nSPS) is 14.1. The van der Waals surface area contributed by atoms with Crippen LogP contribution in [0.4, 0.5) is 0 Å². The summed E-state index contributed by atoms with van der Waals surface area (Å²) >= 11 is 0. The summed E-state index contributed by atoms with van der Waals surface area (Å²) in [5, 5.41) is 18.3. The maximum absolute atomic E-state index is 9.24. The number of hydrogen-bond donors (Lipinski definition) is 2. The highest BCUT2D eigenvalue weighted by molar-refractivity contribution is 5.79. The van der Waals surface area contributed by atoms with Gasteiger partial charge in [0.25, 0.3) is 0 Å². The first-order valence-corrected chi connectivity index (χ1v) is 9.30. The predicted octanol–water partition coefficient (Wildman–Crippen LogP) is 1.61. The molecule has 0 radical (unpaired) electrons. The summed E-state index contributed by atoms with van der Waals surface area (Å²) < 4.78 is 3.99. The molecular formula is C22H25N3O2+2. The monoisotopic (exact) mass is 363 g/mol. The van der Waals surface area contributed by atoms with Gasteiger partial charge in [-0.2, -0.15) is 0 Å². The Morgan fingerprint density at radius 1 is 0.889 bits per heavy atom. The van der Waals surface area contributed by atoms with E-state index in [4.69, 9.17) is 10.1 Å². The zero-order valence-corrected chi connectivity index (χ0v) is 15.8. The molecule has 2 N–H and O–H groups in total. The minimum absolute atomic E-state index is 0.128. The van der Waals surface area contributed by atoms with Gasteiger partial charge < -0.3 is 10.2 Å². The number of aromatic nitrogens is 3. The highest BCUT2D eigenvalue weighted by Crippen LogP contribution is 2.47. The predicted molar refractivity (Wildman–Crippen MR) is 102 cm³/mol. The molecule has 3 aromatic heterocycles. The van der Waals surface area contributed by atoms with E-state index in [9.17, 15) is 5.11 Å². The van der Waals surface area contributed by atoms with Gasteiger partial charge in [0.2, 0.25) is 0 Å². The molecule has 5 heteroatoms. The van der Waals surface area contributed by atoms with Crippen LogP contribution >= 0.6 is 0 Å². The van der Waals surface area contributed by atoms with E-state index in [1.807, 2.05) is 33.9 Å². The van der Waals surface area contributed by atoms with Crippen molar-refractivity contribution >= 4 is 0 Å². The van der Waals surface area contributed by atoms with Gasteiger partial charge in [0.1, 0.15) is 13.2 Å². The average Bonchev–Trinajstić information content (AvgIpc) is 2.90. The van der Waals surface area contributed by atoms with Crippen LogP contribution in [0.2, 0.25) is 0 Å². The van der Waals surface area contributed by atoms with Crippen LogP contribution in [0.25, 0.3) is 22.4 Å². The molecule has 0 bridgehead atoms. The fraction of sp³-hybridized carbons (Fsp3) is 0.318. The first-order valence-electron chi connectivity index (χ1n) is 9.30. The highest BCUT2D eigenvalue weighted by atomic mass is 16.3. The number of fused-ring (bicyclic) bond motifs is 3. The average molecular weight is 363 g/mol. The lowest BCUT2D eigenvalue weighted by Crippen LogP contribution is -2.36. The van der Waals surface area contributed by atoms with Crippen LogP contribution in [-0.2, 0) is 18.5 Å². The van der Waals surface area contributed by atoms with Crippen LogP contribution in [0.5, 0.6) is 0 Å². The molecule has 1 aliphatic rings. The lowest BCUT2D eigenvalue weighted by molar-refractivity contribution is -0.698. The van der Waals surface area contributed by atoms with Gasteiger partial charge in [-0.25, -0.2) is 9.13 Å². The van der Waals surface area contributed by atoms with Crippen molar-refractivity contribution in [3.05, 3.63) is 66.4 Å². The smallest absolute Gasteiger partial charge is 0.173 e. The summed E-state index contributed by atoms with van der Waals surface area (Å²) in [4.78, 5) is 4.80. The van der Waals surface area contributed by atoms with Crippen LogP contribution in [0.1, 0.15) is 25.0 Å². The third-order valence-corrected chi connectivity index (χ3v) is 5.45. The summed E-state index contributed by atoms with van der Waals surface area (Å²) in [5.41, 5.74) is 6.75. The van der Waals surface area contributed by atoms with Crippen molar-refractivity contribution < 1.29 is 19.3 Å². The van der Waals surface area contributed by atoms with E-state index < -0.39 is 0 Å². The van der Waals surface area contributed by atoms with Crippen LogP contribution in [0.3, 0.4) is 0 Å². The van der Waals surface area contributed by atoms with E-state index >= 15 is 0 Å². The number of hydrogen-bond acceptors (Lipinski definition) is 3. The molecule has 138 valence electrons. The summed E-state index contributed by atoms with van der Waals surface area (Å²) in [5.74, 6) is 0. The van der Waals surface area contributed by atoms with E-state index in [-0.39, 0.29) is 18.6 Å². The largest absolute Gasteiger partial charge is 0.390 e. The highest BCUT2D eigenvalue weighted by Gasteiger charge is 2.39. The van der Waals surface area contributed by atoms with Crippen molar-refractivity contribution in [2.45, 2.75) is 32.4 Å². The maximum atomic E-state index is 9.24. The summed E-state index contributed by atoms with van der Waals surface area (Å²) in [6, 6.07) is 8.46. The van der Waals surface area contributed by atoms with Crippen molar-refractivity contribution in [2.75, 3.05) is 13.2 Å². The minimum Gasteiger partial charge on any atom is -0.390 e. The molecular weight excluding hydrogens is 338 g/mol. The molecule has 0 aliphatic heterocycles. The number of aliphatic hydroxyl groups is 2. The summed E-state index contributed by atoms with van der Waals surface area (Å²) in [7, 11) is 0. The molecule has 1 aliphatic carbocycles. The molecule has 0 saturated carbocycles. The van der Waals surface area contributed by atoms with E-state index in [2.05, 4.69) is 44.3 Å².